The first kappa shape index (κ1) is 25.0. The summed E-state index contributed by atoms with van der Waals surface area (Å²) >= 11 is 0. The lowest BCUT2D eigenvalue weighted by Gasteiger charge is -2.39. The quantitative estimate of drug-likeness (QED) is 0.464. The van der Waals surface area contributed by atoms with E-state index in [1.54, 1.807) is 0 Å². The van der Waals surface area contributed by atoms with Gasteiger partial charge in [-0.2, -0.15) is 0 Å². The molecule has 2 aromatic rings. The molecule has 32 heavy (non-hydrogen) atoms. The molecule has 0 fully saturated rings. The second-order valence-corrected chi connectivity index (χ2v) is 17.8. The van der Waals surface area contributed by atoms with Gasteiger partial charge in [0.15, 0.2) is 0 Å². The molecule has 0 aromatic heterocycles. The first-order chi connectivity index (χ1) is 14.4. The third-order valence-electron chi connectivity index (χ3n) is 6.67. The second-order valence-electron chi connectivity index (χ2n) is 13.5. The van der Waals surface area contributed by atoms with Crippen LogP contribution in [0, 0.1) is 0 Å². The van der Waals surface area contributed by atoms with Crippen LogP contribution >= 0.6 is 0 Å². The predicted molar refractivity (Wildman–Crippen MR) is 146 cm³/mol. The van der Waals surface area contributed by atoms with Crippen molar-refractivity contribution in [1.29, 1.82) is 0 Å². The molecule has 0 heterocycles. The van der Waals surface area contributed by atoms with Gasteiger partial charge in [0.25, 0.3) is 0 Å². The molecule has 2 heteroatoms. The molecule has 0 saturated carbocycles. The van der Waals surface area contributed by atoms with Crippen molar-refractivity contribution in [2.24, 2.45) is 0 Å². The molecular formula is C30H45NSi. The van der Waals surface area contributed by atoms with Crippen LogP contribution in [0.15, 0.2) is 42.0 Å². The van der Waals surface area contributed by atoms with Crippen molar-refractivity contribution in [3.05, 3.63) is 64.2 Å². The Labute approximate surface area is 198 Å². The standard InChI is InChI=1S/C30H45NSi/c1-20-16-26-24(14-13-15-25(26)27(20)32(11,12)31-30(8,9)10)21-17-22(28(2,3)4)19-23(18-21)29(5,6)7/h13-19,27,31H,1-12H3. The van der Waals surface area contributed by atoms with E-state index in [2.05, 4.69) is 130 Å². The zero-order valence-corrected chi connectivity index (χ0v) is 23.6. The number of benzene rings is 2. The first-order valence-electron chi connectivity index (χ1n) is 12.2. The minimum Gasteiger partial charge on any atom is -0.332 e. The van der Waals surface area contributed by atoms with Crippen molar-refractivity contribution in [2.45, 2.75) is 104 Å². The minimum atomic E-state index is -1.74. The largest absolute Gasteiger partial charge is 0.332 e. The molecule has 0 saturated heterocycles. The zero-order valence-electron chi connectivity index (χ0n) is 22.6. The van der Waals surface area contributed by atoms with Crippen molar-refractivity contribution in [2.75, 3.05) is 0 Å². The Morgan fingerprint density at radius 3 is 1.78 bits per heavy atom. The Balaban J connectivity index is 2.20. The zero-order chi connectivity index (χ0) is 24.3. The molecule has 0 radical (unpaired) electrons. The highest BCUT2D eigenvalue weighted by atomic mass is 28.3. The first-order valence-corrected chi connectivity index (χ1v) is 15.2. The van der Waals surface area contributed by atoms with Crippen molar-refractivity contribution < 1.29 is 0 Å². The lowest BCUT2D eigenvalue weighted by Crippen LogP contribution is -2.58. The Morgan fingerprint density at radius 1 is 0.781 bits per heavy atom. The molecule has 0 amide bonds. The molecule has 1 atom stereocenters. The van der Waals surface area contributed by atoms with E-state index >= 15 is 0 Å². The molecule has 0 spiro atoms. The van der Waals surface area contributed by atoms with E-state index in [4.69, 9.17) is 0 Å². The Morgan fingerprint density at radius 2 is 1.31 bits per heavy atom. The third-order valence-corrected chi connectivity index (χ3v) is 10.3. The Kier molecular flexibility index (Phi) is 6.24. The molecular weight excluding hydrogens is 402 g/mol. The van der Waals surface area contributed by atoms with Gasteiger partial charge in [0.2, 0.25) is 0 Å². The van der Waals surface area contributed by atoms with Crippen LogP contribution < -0.4 is 4.98 Å². The summed E-state index contributed by atoms with van der Waals surface area (Å²) in [6.07, 6.45) is 2.47. The molecule has 3 rings (SSSR count). The van der Waals surface area contributed by atoms with Crippen LogP contribution in [0.3, 0.4) is 0 Å². The molecule has 1 unspecified atom stereocenters. The average Bonchev–Trinajstić information content (AvgIpc) is 2.94. The van der Waals surface area contributed by atoms with E-state index in [9.17, 15) is 0 Å². The van der Waals surface area contributed by atoms with Gasteiger partial charge >= 0.3 is 0 Å². The van der Waals surface area contributed by atoms with Gasteiger partial charge in [-0.05, 0) is 71.9 Å². The smallest absolute Gasteiger partial charge is 0.131 e. The monoisotopic (exact) mass is 447 g/mol. The fourth-order valence-corrected chi connectivity index (χ4v) is 9.78. The minimum absolute atomic E-state index is 0.119. The van der Waals surface area contributed by atoms with Gasteiger partial charge in [-0.25, -0.2) is 0 Å². The van der Waals surface area contributed by atoms with Gasteiger partial charge in [0.1, 0.15) is 8.24 Å². The molecule has 0 bridgehead atoms. The maximum Gasteiger partial charge on any atom is 0.131 e. The summed E-state index contributed by atoms with van der Waals surface area (Å²) in [6, 6.07) is 14.2. The molecule has 1 aliphatic rings. The summed E-state index contributed by atoms with van der Waals surface area (Å²) in [5, 5.41) is 0. The topological polar surface area (TPSA) is 12.0 Å². The van der Waals surface area contributed by atoms with Gasteiger partial charge in [0, 0.05) is 11.1 Å². The van der Waals surface area contributed by atoms with Crippen LogP contribution in [0.2, 0.25) is 13.1 Å². The number of allylic oxidation sites excluding steroid dienone is 1. The lowest BCUT2D eigenvalue weighted by atomic mass is 9.78. The molecule has 0 aliphatic heterocycles. The summed E-state index contributed by atoms with van der Waals surface area (Å²) < 4.78 is 0. The number of nitrogens with one attached hydrogen (secondary N) is 1. The summed E-state index contributed by atoms with van der Waals surface area (Å²) in [7, 11) is -1.74. The fourth-order valence-electron chi connectivity index (χ4n) is 5.45. The van der Waals surface area contributed by atoms with Gasteiger partial charge in [0.05, 0.1) is 0 Å². The highest BCUT2D eigenvalue weighted by Crippen LogP contribution is 2.46. The van der Waals surface area contributed by atoms with Crippen LogP contribution in [-0.2, 0) is 10.8 Å². The van der Waals surface area contributed by atoms with E-state index in [1.807, 2.05) is 0 Å². The Hall–Kier alpha value is -1.64. The highest BCUT2D eigenvalue weighted by Gasteiger charge is 2.40. The second kappa shape index (κ2) is 7.99. The fraction of sp³-hybridized carbons (Fsp3) is 0.533. The number of rotatable bonds is 3. The van der Waals surface area contributed by atoms with Crippen molar-refractivity contribution in [3.63, 3.8) is 0 Å². The number of fused-ring (bicyclic) bond motifs is 1. The van der Waals surface area contributed by atoms with Crippen molar-refractivity contribution >= 4 is 14.3 Å². The van der Waals surface area contributed by atoms with Gasteiger partial charge in [-0.3, -0.25) is 0 Å². The molecule has 2 aromatic carbocycles. The SMILES string of the molecule is CC1=Cc2c(-c3cc(C(C)(C)C)cc(C(C)(C)C)c3)cccc2C1[Si](C)(C)NC(C)(C)C. The van der Waals surface area contributed by atoms with E-state index in [-0.39, 0.29) is 16.4 Å². The maximum atomic E-state index is 4.02. The van der Waals surface area contributed by atoms with Gasteiger partial charge in [-0.1, -0.05) is 103 Å². The predicted octanol–water partition coefficient (Wildman–Crippen LogP) is 8.58. The van der Waals surface area contributed by atoms with E-state index in [0.29, 0.717) is 5.54 Å². The van der Waals surface area contributed by atoms with Crippen molar-refractivity contribution in [3.8, 4) is 11.1 Å². The van der Waals surface area contributed by atoms with Gasteiger partial charge < -0.3 is 4.98 Å². The third kappa shape index (κ3) is 5.12. The van der Waals surface area contributed by atoms with Gasteiger partial charge in [-0.15, -0.1) is 0 Å². The van der Waals surface area contributed by atoms with E-state index in [0.717, 1.165) is 0 Å². The van der Waals surface area contributed by atoms with E-state index < -0.39 is 8.24 Å². The molecule has 174 valence electrons. The van der Waals surface area contributed by atoms with Crippen LogP contribution in [0.1, 0.15) is 97.0 Å². The normalized spacial score (nSPS) is 17.4. The number of hydrogen-bond acceptors (Lipinski definition) is 1. The number of hydrogen-bond donors (Lipinski definition) is 1. The summed E-state index contributed by atoms with van der Waals surface area (Å²) in [5.74, 6) is 0. The van der Waals surface area contributed by atoms with Crippen LogP contribution in [-0.4, -0.2) is 13.8 Å². The van der Waals surface area contributed by atoms with E-state index in [1.165, 1.54) is 39.0 Å². The molecule has 1 N–H and O–H groups in total. The highest BCUT2D eigenvalue weighted by molar-refractivity contribution is 6.77. The Bertz CT molecular complexity index is 1000. The average molecular weight is 448 g/mol. The van der Waals surface area contributed by atoms with Crippen LogP contribution in [0.5, 0.6) is 0 Å². The molecule has 1 aliphatic carbocycles. The van der Waals surface area contributed by atoms with Crippen LogP contribution in [0.4, 0.5) is 0 Å². The molecule has 1 nitrogen and oxygen atoms in total. The van der Waals surface area contributed by atoms with Crippen LogP contribution in [0.25, 0.3) is 17.2 Å². The summed E-state index contributed by atoms with van der Waals surface area (Å²) in [4.78, 5) is 4.02. The lowest BCUT2D eigenvalue weighted by molar-refractivity contribution is 0.508. The summed E-state index contributed by atoms with van der Waals surface area (Å²) in [6.45, 7) is 28.1. The summed E-state index contributed by atoms with van der Waals surface area (Å²) in [5.41, 5.74) is 10.9. The maximum absolute atomic E-state index is 4.02. The van der Waals surface area contributed by atoms with Crippen molar-refractivity contribution in [1.82, 2.24) is 4.98 Å².